The van der Waals surface area contributed by atoms with Gasteiger partial charge in [0.25, 0.3) is 0 Å². The van der Waals surface area contributed by atoms with Crippen molar-refractivity contribution in [3.8, 4) is 11.5 Å². The molecule has 0 saturated heterocycles. The van der Waals surface area contributed by atoms with Crippen LogP contribution in [-0.2, 0) is 16.2 Å². The molecule has 0 atom stereocenters. The number of esters is 1. The van der Waals surface area contributed by atoms with Gasteiger partial charge in [0.15, 0.2) is 11.5 Å². The minimum absolute atomic E-state index is 0.351. The highest BCUT2D eigenvalue weighted by Gasteiger charge is 2.07. The second-order valence-electron chi connectivity index (χ2n) is 4.80. The molecular formula is C18H19NO5. The van der Waals surface area contributed by atoms with Crippen LogP contribution in [0.5, 0.6) is 11.5 Å². The maximum Gasteiger partial charge on any atom is 0.337 e. The largest absolute Gasteiger partial charge is 0.493 e. The van der Waals surface area contributed by atoms with Crippen molar-refractivity contribution in [1.82, 2.24) is 0 Å². The molecule has 0 N–H and O–H groups in total. The zero-order valence-electron chi connectivity index (χ0n) is 13.8. The van der Waals surface area contributed by atoms with E-state index < -0.39 is 0 Å². The maximum absolute atomic E-state index is 11.4. The molecule has 0 bridgehead atoms. The molecule has 2 aromatic carbocycles. The van der Waals surface area contributed by atoms with E-state index in [-0.39, 0.29) is 5.97 Å². The Labute approximate surface area is 140 Å². The summed E-state index contributed by atoms with van der Waals surface area (Å²) in [6.45, 7) is 0.351. The van der Waals surface area contributed by atoms with Gasteiger partial charge in [-0.2, -0.15) is 0 Å². The number of carbonyl (C=O) groups excluding carboxylic acids is 1. The van der Waals surface area contributed by atoms with Crippen molar-refractivity contribution in [1.29, 1.82) is 0 Å². The Morgan fingerprint density at radius 3 is 2.42 bits per heavy atom. The quantitative estimate of drug-likeness (QED) is 0.444. The van der Waals surface area contributed by atoms with Crippen molar-refractivity contribution < 1.29 is 23.8 Å². The van der Waals surface area contributed by atoms with Crippen molar-refractivity contribution in [2.24, 2.45) is 5.16 Å². The lowest BCUT2D eigenvalue weighted by molar-refractivity contribution is 0.0600. The summed E-state index contributed by atoms with van der Waals surface area (Å²) in [7, 11) is 4.41. The van der Waals surface area contributed by atoms with Crippen molar-refractivity contribution >= 4 is 12.2 Å². The number of methoxy groups -OCH3 is 2. The zero-order valence-corrected chi connectivity index (χ0v) is 13.8. The SMILES string of the molecule is CON=Cc1ccc(OCc2ccc(C(=O)OC)cc2)c(OC)c1. The molecule has 2 rings (SSSR count). The van der Waals surface area contributed by atoms with Crippen LogP contribution in [0.3, 0.4) is 0 Å². The molecule has 6 heteroatoms. The average Bonchev–Trinajstić information content (AvgIpc) is 2.64. The fourth-order valence-electron chi connectivity index (χ4n) is 2.01. The number of nitrogens with zero attached hydrogens (tertiary/aromatic N) is 1. The molecule has 126 valence electrons. The minimum Gasteiger partial charge on any atom is -0.493 e. The Balaban J connectivity index is 2.05. The van der Waals surface area contributed by atoms with Crippen LogP contribution in [0.25, 0.3) is 0 Å². The summed E-state index contributed by atoms with van der Waals surface area (Å²) >= 11 is 0. The number of ether oxygens (including phenoxy) is 3. The number of hydrogen-bond donors (Lipinski definition) is 0. The van der Waals surface area contributed by atoms with Crippen LogP contribution in [0, 0.1) is 0 Å². The Kier molecular flexibility index (Phi) is 6.19. The van der Waals surface area contributed by atoms with E-state index in [0.717, 1.165) is 11.1 Å². The summed E-state index contributed by atoms with van der Waals surface area (Å²) in [5.41, 5.74) is 2.26. The van der Waals surface area contributed by atoms with E-state index in [1.165, 1.54) is 14.2 Å². The Bertz CT molecular complexity index is 710. The predicted molar refractivity (Wildman–Crippen MR) is 89.7 cm³/mol. The number of hydrogen-bond acceptors (Lipinski definition) is 6. The Morgan fingerprint density at radius 1 is 1.04 bits per heavy atom. The standard InChI is InChI=1S/C18H19NO5/c1-21-17-10-14(11-19-23-3)6-9-16(17)24-12-13-4-7-15(8-5-13)18(20)22-2/h4-11H,12H2,1-3H3. The molecule has 0 aliphatic heterocycles. The van der Waals surface area contributed by atoms with Crippen LogP contribution < -0.4 is 9.47 Å². The molecule has 0 aromatic heterocycles. The third-order valence-corrected chi connectivity index (χ3v) is 3.26. The number of rotatable bonds is 7. The topological polar surface area (TPSA) is 66.4 Å². The summed E-state index contributed by atoms with van der Waals surface area (Å²) in [6.07, 6.45) is 1.58. The van der Waals surface area contributed by atoms with E-state index in [1.54, 1.807) is 37.6 Å². The minimum atomic E-state index is -0.363. The van der Waals surface area contributed by atoms with Gasteiger partial charge in [0.05, 0.1) is 26.0 Å². The fraction of sp³-hybridized carbons (Fsp3) is 0.222. The smallest absolute Gasteiger partial charge is 0.337 e. The monoisotopic (exact) mass is 329 g/mol. The maximum atomic E-state index is 11.4. The number of oxime groups is 1. The number of benzene rings is 2. The van der Waals surface area contributed by atoms with Gasteiger partial charge >= 0.3 is 5.97 Å². The van der Waals surface area contributed by atoms with Crippen LogP contribution >= 0.6 is 0 Å². The Morgan fingerprint density at radius 2 is 1.79 bits per heavy atom. The van der Waals surface area contributed by atoms with Crippen LogP contribution in [0.2, 0.25) is 0 Å². The molecule has 0 heterocycles. The van der Waals surface area contributed by atoms with Gasteiger partial charge in [0, 0.05) is 5.56 Å². The van der Waals surface area contributed by atoms with Gasteiger partial charge in [0.2, 0.25) is 0 Å². The van der Waals surface area contributed by atoms with Crippen LogP contribution in [0.1, 0.15) is 21.5 Å². The lowest BCUT2D eigenvalue weighted by Crippen LogP contribution is -2.02. The second-order valence-corrected chi connectivity index (χ2v) is 4.80. The summed E-state index contributed by atoms with van der Waals surface area (Å²) in [6, 6.07) is 12.5. The first-order chi connectivity index (χ1) is 11.7. The molecule has 0 spiro atoms. The highest BCUT2D eigenvalue weighted by molar-refractivity contribution is 5.89. The predicted octanol–water partition coefficient (Wildman–Crippen LogP) is 3.04. The summed E-state index contributed by atoms with van der Waals surface area (Å²) in [4.78, 5) is 16.1. The highest BCUT2D eigenvalue weighted by atomic mass is 16.6. The third-order valence-electron chi connectivity index (χ3n) is 3.26. The normalized spacial score (nSPS) is 10.5. The molecule has 24 heavy (non-hydrogen) atoms. The van der Waals surface area contributed by atoms with Gasteiger partial charge in [-0.3, -0.25) is 0 Å². The molecular weight excluding hydrogens is 310 g/mol. The molecule has 2 aromatic rings. The van der Waals surface area contributed by atoms with E-state index in [1.807, 2.05) is 18.2 Å². The van der Waals surface area contributed by atoms with E-state index in [0.29, 0.717) is 23.7 Å². The van der Waals surface area contributed by atoms with Crippen molar-refractivity contribution in [2.45, 2.75) is 6.61 Å². The van der Waals surface area contributed by atoms with Crippen LogP contribution in [-0.4, -0.2) is 33.5 Å². The number of carbonyl (C=O) groups is 1. The first-order valence-corrected chi connectivity index (χ1v) is 7.22. The Hall–Kier alpha value is -3.02. The second kappa shape index (κ2) is 8.57. The van der Waals surface area contributed by atoms with E-state index in [4.69, 9.17) is 9.47 Å². The van der Waals surface area contributed by atoms with E-state index in [2.05, 4.69) is 14.7 Å². The summed E-state index contributed by atoms with van der Waals surface area (Å²) < 4.78 is 15.8. The van der Waals surface area contributed by atoms with Gasteiger partial charge in [0.1, 0.15) is 13.7 Å². The first kappa shape index (κ1) is 17.3. The lowest BCUT2D eigenvalue weighted by atomic mass is 10.1. The van der Waals surface area contributed by atoms with Crippen molar-refractivity contribution in [2.75, 3.05) is 21.3 Å². The van der Waals surface area contributed by atoms with Crippen LogP contribution in [0.15, 0.2) is 47.6 Å². The van der Waals surface area contributed by atoms with Gasteiger partial charge < -0.3 is 19.0 Å². The van der Waals surface area contributed by atoms with Gasteiger partial charge in [-0.05, 0) is 35.9 Å². The summed E-state index contributed by atoms with van der Waals surface area (Å²) in [5.74, 6) is 0.850. The third kappa shape index (κ3) is 4.49. The molecule has 0 aliphatic carbocycles. The molecule has 0 aliphatic rings. The van der Waals surface area contributed by atoms with Gasteiger partial charge in [-0.15, -0.1) is 0 Å². The molecule has 6 nitrogen and oxygen atoms in total. The molecule has 0 saturated carbocycles. The molecule has 0 fully saturated rings. The van der Waals surface area contributed by atoms with Crippen LogP contribution in [0.4, 0.5) is 0 Å². The summed E-state index contributed by atoms with van der Waals surface area (Å²) in [5, 5.41) is 3.71. The zero-order chi connectivity index (χ0) is 17.4. The van der Waals surface area contributed by atoms with Gasteiger partial charge in [-0.1, -0.05) is 17.3 Å². The molecule has 0 amide bonds. The van der Waals surface area contributed by atoms with Gasteiger partial charge in [-0.25, -0.2) is 4.79 Å². The van der Waals surface area contributed by atoms with E-state index in [9.17, 15) is 4.79 Å². The lowest BCUT2D eigenvalue weighted by Gasteiger charge is -2.11. The molecule has 0 unspecified atom stereocenters. The van der Waals surface area contributed by atoms with Crippen molar-refractivity contribution in [3.63, 3.8) is 0 Å². The highest BCUT2D eigenvalue weighted by Crippen LogP contribution is 2.28. The van der Waals surface area contributed by atoms with E-state index >= 15 is 0 Å². The molecule has 0 radical (unpaired) electrons. The average molecular weight is 329 g/mol. The first-order valence-electron chi connectivity index (χ1n) is 7.22. The fourth-order valence-corrected chi connectivity index (χ4v) is 2.01. The van der Waals surface area contributed by atoms with Crippen molar-refractivity contribution in [3.05, 3.63) is 59.2 Å².